The predicted molar refractivity (Wildman–Crippen MR) is 107 cm³/mol. The molecule has 26 heavy (non-hydrogen) atoms. The van der Waals surface area contributed by atoms with E-state index in [1.54, 1.807) is 16.1 Å². The van der Waals surface area contributed by atoms with E-state index in [0.29, 0.717) is 11.4 Å². The first-order chi connectivity index (χ1) is 12.7. The Hall–Kier alpha value is -1.82. The van der Waals surface area contributed by atoms with Crippen LogP contribution in [0.3, 0.4) is 0 Å². The number of rotatable bonds is 3. The summed E-state index contributed by atoms with van der Waals surface area (Å²) in [4.78, 5) is 0.499. The first-order valence-corrected chi connectivity index (χ1v) is 11.4. The van der Waals surface area contributed by atoms with Gasteiger partial charge in [0.15, 0.2) is 0 Å². The Morgan fingerprint density at radius 2 is 1.77 bits per heavy atom. The van der Waals surface area contributed by atoms with Gasteiger partial charge >= 0.3 is 0 Å². The van der Waals surface area contributed by atoms with Crippen LogP contribution in [0, 0.1) is 0 Å². The Balaban J connectivity index is 1.63. The molecule has 0 saturated carbocycles. The van der Waals surface area contributed by atoms with Crippen molar-refractivity contribution in [2.24, 2.45) is 0 Å². The molecule has 5 rings (SSSR count). The van der Waals surface area contributed by atoms with Crippen molar-refractivity contribution in [1.82, 2.24) is 4.31 Å². The minimum Gasteiger partial charge on any atom is -0.207 e. The highest BCUT2D eigenvalue weighted by molar-refractivity contribution is 8.01. The molecular weight excluding hydrogens is 362 g/mol. The summed E-state index contributed by atoms with van der Waals surface area (Å²) in [7, 11) is -3.52. The van der Waals surface area contributed by atoms with Gasteiger partial charge in [-0.15, -0.1) is 11.8 Å². The third-order valence-electron chi connectivity index (χ3n) is 5.36. The van der Waals surface area contributed by atoms with Gasteiger partial charge in [-0.05, 0) is 46.4 Å². The maximum absolute atomic E-state index is 13.6. The zero-order chi connectivity index (χ0) is 17.7. The van der Waals surface area contributed by atoms with Crippen LogP contribution in [0.15, 0.2) is 65.6 Å². The summed E-state index contributed by atoms with van der Waals surface area (Å²) in [5.41, 5.74) is 3.32. The summed E-state index contributed by atoms with van der Waals surface area (Å²) < 4.78 is 28.8. The summed E-state index contributed by atoms with van der Waals surface area (Å²) in [6.07, 6.45) is 1.73. The van der Waals surface area contributed by atoms with E-state index in [2.05, 4.69) is 18.2 Å². The standard InChI is InChI=1S/C21H19NO2S2/c23-26(24,22-13-14-25-21(22)17-5-2-1-3-6-17)19-12-10-16-8-4-7-15-9-11-18(19)20(15)16/h1-8,10,12,21H,9,11,13-14H2. The summed E-state index contributed by atoms with van der Waals surface area (Å²) in [5, 5.41) is 2.15. The molecule has 1 heterocycles. The number of sulfonamides is 1. The molecule has 0 aromatic heterocycles. The molecule has 1 unspecified atom stereocenters. The summed E-state index contributed by atoms with van der Waals surface area (Å²) in [6, 6.07) is 20.0. The second kappa shape index (κ2) is 6.12. The van der Waals surface area contributed by atoms with Crippen LogP contribution in [0.25, 0.3) is 10.8 Å². The number of aryl methyl sites for hydroxylation is 2. The van der Waals surface area contributed by atoms with Crippen LogP contribution >= 0.6 is 11.8 Å². The van der Waals surface area contributed by atoms with Crippen molar-refractivity contribution in [3.63, 3.8) is 0 Å². The van der Waals surface area contributed by atoms with Gasteiger partial charge in [0, 0.05) is 12.3 Å². The SMILES string of the molecule is O=S(=O)(c1ccc2cccc3c2c1CC3)N1CCSC1c1ccccc1. The highest BCUT2D eigenvalue weighted by Crippen LogP contribution is 2.43. The van der Waals surface area contributed by atoms with Crippen LogP contribution in [-0.4, -0.2) is 25.0 Å². The van der Waals surface area contributed by atoms with E-state index in [1.165, 1.54) is 5.56 Å². The summed E-state index contributed by atoms with van der Waals surface area (Å²) in [6.45, 7) is 0.561. The number of benzene rings is 3. The molecule has 3 aromatic rings. The predicted octanol–water partition coefficient (Wildman–Crippen LogP) is 4.37. The van der Waals surface area contributed by atoms with Crippen LogP contribution in [0.1, 0.15) is 22.1 Å². The maximum Gasteiger partial charge on any atom is 0.244 e. The van der Waals surface area contributed by atoms with Crippen molar-refractivity contribution in [2.45, 2.75) is 23.1 Å². The van der Waals surface area contributed by atoms with Crippen molar-refractivity contribution in [3.05, 3.63) is 77.4 Å². The van der Waals surface area contributed by atoms with E-state index in [1.807, 2.05) is 42.5 Å². The van der Waals surface area contributed by atoms with E-state index in [-0.39, 0.29) is 5.37 Å². The number of nitrogens with zero attached hydrogens (tertiary/aromatic N) is 1. The van der Waals surface area contributed by atoms with Crippen molar-refractivity contribution >= 4 is 32.6 Å². The van der Waals surface area contributed by atoms with Gasteiger partial charge in [0.05, 0.1) is 10.3 Å². The van der Waals surface area contributed by atoms with E-state index < -0.39 is 10.0 Å². The lowest BCUT2D eigenvalue weighted by atomic mass is 10.1. The molecule has 0 radical (unpaired) electrons. The average Bonchev–Trinajstić information content (AvgIpc) is 3.32. The third kappa shape index (κ3) is 2.42. The van der Waals surface area contributed by atoms with Crippen molar-refractivity contribution in [3.8, 4) is 0 Å². The second-order valence-corrected chi connectivity index (χ2v) is 9.85. The molecule has 0 N–H and O–H groups in total. The monoisotopic (exact) mass is 381 g/mol. The molecular formula is C21H19NO2S2. The lowest BCUT2D eigenvalue weighted by Gasteiger charge is -2.24. The molecule has 0 bridgehead atoms. The third-order valence-corrected chi connectivity index (χ3v) is 8.70. The lowest BCUT2D eigenvalue weighted by Crippen LogP contribution is -2.31. The highest BCUT2D eigenvalue weighted by Gasteiger charge is 2.38. The van der Waals surface area contributed by atoms with E-state index in [0.717, 1.165) is 40.5 Å². The lowest BCUT2D eigenvalue weighted by molar-refractivity contribution is 0.434. The van der Waals surface area contributed by atoms with Crippen LogP contribution < -0.4 is 0 Å². The maximum atomic E-state index is 13.6. The Morgan fingerprint density at radius 1 is 0.923 bits per heavy atom. The number of thioether (sulfide) groups is 1. The Morgan fingerprint density at radius 3 is 2.62 bits per heavy atom. The van der Waals surface area contributed by atoms with Gasteiger partial charge < -0.3 is 0 Å². The fourth-order valence-electron chi connectivity index (χ4n) is 4.18. The first-order valence-electron chi connectivity index (χ1n) is 8.88. The fraction of sp³-hybridized carbons (Fsp3) is 0.238. The molecule has 0 amide bonds. The minimum atomic E-state index is -3.52. The molecule has 3 aromatic carbocycles. The van der Waals surface area contributed by atoms with Crippen molar-refractivity contribution in [2.75, 3.05) is 12.3 Å². The zero-order valence-corrected chi connectivity index (χ0v) is 15.9. The quantitative estimate of drug-likeness (QED) is 0.676. The van der Waals surface area contributed by atoms with E-state index in [9.17, 15) is 8.42 Å². The zero-order valence-electron chi connectivity index (χ0n) is 14.3. The number of hydrogen-bond donors (Lipinski definition) is 0. The van der Waals surface area contributed by atoms with Crippen LogP contribution in [0.4, 0.5) is 0 Å². The average molecular weight is 382 g/mol. The Bertz CT molecular complexity index is 1090. The first kappa shape index (κ1) is 16.4. The molecule has 2 aliphatic rings. The minimum absolute atomic E-state index is 0.138. The van der Waals surface area contributed by atoms with Gasteiger partial charge in [-0.1, -0.05) is 54.6 Å². The summed E-state index contributed by atoms with van der Waals surface area (Å²) >= 11 is 1.70. The molecule has 1 aliphatic heterocycles. The highest BCUT2D eigenvalue weighted by atomic mass is 32.2. The molecule has 1 atom stereocenters. The number of hydrogen-bond acceptors (Lipinski definition) is 3. The van der Waals surface area contributed by atoms with E-state index >= 15 is 0 Å². The molecule has 5 heteroatoms. The molecule has 3 nitrogen and oxygen atoms in total. The van der Waals surface area contributed by atoms with Crippen LogP contribution in [0.5, 0.6) is 0 Å². The van der Waals surface area contributed by atoms with Gasteiger partial charge in [0.25, 0.3) is 0 Å². The molecule has 0 spiro atoms. The van der Waals surface area contributed by atoms with Gasteiger partial charge in [-0.25, -0.2) is 8.42 Å². The second-order valence-electron chi connectivity index (χ2n) is 6.81. The Labute approximate surface area is 158 Å². The molecule has 1 saturated heterocycles. The molecule has 1 aliphatic carbocycles. The van der Waals surface area contributed by atoms with E-state index in [4.69, 9.17) is 0 Å². The van der Waals surface area contributed by atoms with Gasteiger partial charge in [-0.2, -0.15) is 4.31 Å². The van der Waals surface area contributed by atoms with Gasteiger partial charge in [-0.3, -0.25) is 0 Å². The summed E-state index contributed by atoms with van der Waals surface area (Å²) in [5.74, 6) is 0.826. The molecule has 1 fully saturated rings. The smallest absolute Gasteiger partial charge is 0.207 e. The van der Waals surface area contributed by atoms with Crippen LogP contribution in [-0.2, 0) is 22.9 Å². The van der Waals surface area contributed by atoms with Crippen molar-refractivity contribution < 1.29 is 8.42 Å². The van der Waals surface area contributed by atoms with Crippen LogP contribution in [0.2, 0.25) is 0 Å². The molecule has 132 valence electrons. The van der Waals surface area contributed by atoms with Gasteiger partial charge in [0.2, 0.25) is 10.0 Å². The topological polar surface area (TPSA) is 37.4 Å². The largest absolute Gasteiger partial charge is 0.244 e. The fourth-order valence-corrected chi connectivity index (χ4v) is 7.68. The van der Waals surface area contributed by atoms with Gasteiger partial charge in [0.1, 0.15) is 0 Å². The normalized spacial score (nSPS) is 20.1. The Kier molecular flexibility index (Phi) is 3.85. The van der Waals surface area contributed by atoms with Crippen molar-refractivity contribution in [1.29, 1.82) is 0 Å².